The topological polar surface area (TPSA) is 13.1 Å². The molecule has 3 heteroatoms. The molecule has 0 saturated heterocycles. The largest absolute Gasteiger partial charge is 0.455 e. The smallest absolute Gasteiger partial charge is 0.138 e. The molecule has 0 bridgehead atoms. The minimum absolute atomic E-state index is 0.0546. The molecule has 1 fully saturated rings. The van der Waals surface area contributed by atoms with E-state index in [4.69, 9.17) is 4.42 Å². The van der Waals surface area contributed by atoms with Crippen LogP contribution in [0.2, 0.25) is 0 Å². The number of hydrogen-bond acceptors (Lipinski definition) is 3. The van der Waals surface area contributed by atoms with Crippen molar-refractivity contribution < 1.29 is 4.42 Å². The highest BCUT2D eigenvalue weighted by Gasteiger charge is 2.29. The molecule has 0 N–H and O–H groups in total. The zero-order chi connectivity index (χ0) is 36.3. The normalized spacial score (nSPS) is 17.0. The van der Waals surface area contributed by atoms with E-state index >= 15 is 0 Å². The Bertz CT molecular complexity index is 2930. The summed E-state index contributed by atoms with van der Waals surface area (Å²) >= 11 is 4.01. The third-order valence-corrected chi connectivity index (χ3v) is 15.4. The van der Waals surface area contributed by atoms with Crippen molar-refractivity contribution in [3.05, 3.63) is 130 Å². The first-order valence-electron chi connectivity index (χ1n) is 19.4. The lowest BCUT2D eigenvalue weighted by Crippen LogP contribution is -2.15. The Kier molecular flexibility index (Phi) is 7.53. The number of fused-ring (bicyclic) bond motifs is 9. The van der Waals surface area contributed by atoms with Crippen molar-refractivity contribution in [2.24, 2.45) is 0 Å². The Labute approximate surface area is 320 Å². The van der Waals surface area contributed by atoms with Crippen LogP contribution in [-0.4, -0.2) is 0 Å². The predicted octanol–water partition coefficient (Wildman–Crippen LogP) is 16.0. The van der Waals surface area contributed by atoms with Gasteiger partial charge in [-0.05, 0) is 127 Å². The minimum atomic E-state index is 0.0546. The summed E-state index contributed by atoms with van der Waals surface area (Å²) in [5.74, 6) is 1.22. The van der Waals surface area contributed by atoms with Crippen LogP contribution in [0.1, 0.15) is 97.2 Å². The Morgan fingerprint density at radius 2 is 1.09 bits per heavy atom. The maximum Gasteiger partial charge on any atom is 0.138 e. The Hall–Kier alpha value is -4.44. The van der Waals surface area contributed by atoms with Gasteiger partial charge in [0.15, 0.2) is 0 Å². The van der Waals surface area contributed by atoms with E-state index in [-0.39, 0.29) is 5.41 Å². The maximum atomic E-state index is 6.55. The number of benzene rings is 6. The third kappa shape index (κ3) is 5.07. The first-order valence-corrected chi connectivity index (χ1v) is 21.0. The van der Waals surface area contributed by atoms with Gasteiger partial charge in [0.1, 0.15) is 11.2 Å². The van der Waals surface area contributed by atoms with Gasteiger partial charge in [-0.25, -0.2) is 0 Å². The van der Waals surface area contributed by atoms with Crippen molar-refractivity contribution in [3.8, 4) is 11.1 Å². The Morgan fingerprint density at radius 3 is 1.85 bits per heavy atom. The van der Waals surface area contributed by atoms with E-state index in [1.54, 1.807) is 11.1 Å². The molecule has 1 aliphatic rings. The van der Waals surface area contributed by atoms with Gasteiger partial charge in [0.05, 0.1) is 0 Å². The van der Waals surface area contributed by atoms with Crippen LogP contribution in [0, 0.1) is 27.7 Å². The average Bonchev–Trinajstić information content (AvgIpc) is 3.85. The standard InChI is InChI=1S/C50H46OS2/c1-27-11-8-14-37-38-23-21-34(29(3)45(38)51-44(27)37)35-22-24-41-42-25-33(26-43(50(5,6)7)49(42)53-47(41)30(35)4)31-17-19-32(20-18-31)36-13-10-16-40-39-15-9-12-28(2)46(39)52-48(36)40/h8-16,21-26,31-32H,17-20H2,1-7H3. The van der Waals surface area contributed by atoms with E-state index < -0.39 is 0 Å². The summed E-state index contributed by atoms with van der Waals surface area (Å²) in [7, 11) is 0. The van der Waals surface area contributed by atoms with Crippen molar-refractivity contribution in [3.63, 3.8) is 0 Å². The van der Waals surface area contributed by atoms with Gasteiger partial charge >= 0.3 is 0 Å². The lowest BCUT2D eigenvalue weighted by Gasteiger charge is -2.31. The first kappa shape index (κ1) is 33.2. The molecule has 0 atom stereocenters. The summed E-state index contributed by atoms with van der Waals surface area (Å²) in [5.41, 5.74) is 14.4. The molecule has 6 aromatic carbocycles. The Morgan fingerprint density at radius 1 is 0.509 bits per heavy atom. The summed E-state index contributed by atoms with van der Waals surface area (Å²) in [4.78, 5) is 0. The SMILES string of the molecule is Cc1cccc2c1oc1c(C)c(-c3ccc4c(sc5c(C(C)(C)C)cc(C6CCC(c7cccc8c7sc7c(C)cccc78)CC6)cc54)c3C)ccc12. The van der Waals surface area contributed by atoms with E-state index in [1.165, 1.54) is 116 Å². The van der Waals surface area contributed by atoms with Crippen LogP contribution in [0.15, 0.2) is 95.4 Å². The summed E-state index contributed by atoms with van der Waals surface area (Å²) in [5, 5.41) is 8.11. The van der Waals surface area contributed by atoms with Crippen LogP contribution in [-0.2, 0) is 5.41 Å². The molecule has 0 radical (unpaired) electrons. The Balaban J connectivity index is 1.02. The molecule has 53 heavy (non-hydrogen) atoms. The second-order valence-corrected chi connectivity index (χ2v) is 18.9. The fraction of sp³-hybridized carbons (Fsp3) is 0.280. The molecule has 1 nitrogen and oxygen atoms in total. The monoisotopic (exact) mass is 726 g/mol. The van der Waals surface area contributed by atoms with E-state index in [0.717, 1.165) is 11.2 Å². The zero-order valence-corrected chi connectivity index (χ0v) is 33.5. The molecule has 264 valence electrons. The van der Waals surface area contributed by atoms with Crippen LogP contribution >= 0.6 is 22.7 Å². The zero-order valence-electron chi connectivity index (χ0n) is 31.9. The molecule has 0 amide bonds. The van der Waals surface area contributed by atoms with Gasteiger partial charge in [-0.1, -0.05) is 99.6 Å². The van der Waals surface area contributed by atoms with Gasteiger partial charge in [0, 0.05) is 56.7 Å². The number of para-hydroxylation sites is 1. The van der Waals surface area contributed by atoms with Crippen LogP contribution in [0.4, 0.5) is 0 Å². The highest BCUT2D eigenvalue weighted by Crippen LogP contribution is 2.50. The number of thiophene rings is 2. The van der Waals surface area contributed by atoms with Crippen LogP contribution in [0.25, 0.3) is 73.4 Å². The van der Waals surface area contributed by atoms with Gasteiger partial charge in [-0.3, -0.25) is 0 Å². The molecule has 3 aromatic heterocycles. The average molecular weight is 727 g/mol. The van der Waals surface area contributed by atoms with Crippen LogP contribution in [0.5, 0.6) is 0 Å². The second kappa shape index (κ2) is 12.0. The minimum Gasteiger partial charge on any atom is -0.455 e. The van der Waals surface area contributed by atoms with Crippen LogP contribution in [0.3, 0.4) is 0 Å². The van der Waals surface area contributed by atoms with Gasteiger partial charge in [-0.15, -0.1) is 22.7 Å². The van der Waals surface area contributed by atoms with Gasteiger partial charge in [0.25, 0.3) is 0 Å². The maximum absolute atomic E-state index is 6.55. The summed E-state index contributed by atoms with van der Waals surface area (Å²) in [6.07, 6.45) is 4.99. The lowest BCUT2D eigenvalue weighted by atomic mass is 9.74. The number of furan rings is 1. The van der Waals surface area contributed by atoms with E-state index in [0.29, 0.717) is 11.8 Å². The van der Waals surface area contributed by atoms with E-state index in [9.17, 15) is 0 Å². The lowest BCUT2D eigenvalue weighted by molar-refractivity contribution is 0.398. The van der Waals surface area contributed by atoms with Crippen molar-refractivity contribution in [2.75, 3.05) is 0 Å². The van der Waals surface area contributed by atoms with Crippen molar-refractivity contribution in [2.45, 2.75) is 91.4 Å². The molecule has 0 spiro atoms. The summed E-state index contributed by atoms with van der Waals surface area (Å²) < 4.78 is 12.4. The quantitative estimate of drug-likeness (QED) is 0.177. The molecular weight excluding hydrogens is 681 g/mol. The number of hydrogen-bond donors (Lipinski definition) is 0. The summed E-state index contributed by atoms with van der Waals surface area (Å²) in [6.45, 7) is 16.1. The molecule has 10 rings (SSSR count). The molecule has 0 unspecified atom stereocenters. The van der Waals surface area contributed by atoms with Gasteiger partial charge in [-0.2, -0.15) is 0 Å². The molecular formula is C50H46OS2. The second-order valence-electron chi connectivity index (χ2n) is 16.9. The van der Waals surface area contributed by atoms with Crippen molar-refractivity contribution in [1.29, 1.82) is 0 Å². The first-order chi connectivity index (χ1) is 25.6. The van der Waals surface area contributed by atoms with E-state index in [1.807, 2.05) is 22.7 Å². The van der Waals surface area contributed by atoms with Crippen molar-refractivity contribution >= 4 is 85.0 Å². The predicted molar refractivity (Wildman–Crippen MR) is 233 cm³/mol. The van der Waals surface area contributed by atoms with Gasteiger partial charge < -0.3 is 4.42 Å². The highest BCUT2D eigenvalue weighted by molar-refractivity contribution is 7.26. The fourth-order valence-corrected chi connectivity index (χ4v) is 12.5. The fourth-order valence-electron chi connectivity index (χ4n) is 9.65. The van der Waals surface area contributed by atoms with Crippen LogP contribution < -0.4 is 0 Å². The molecule has 0 aliphatic heterocycles. The molecule has 1 saturated carbocycles. The number of rotatable bonds is 3. The summed E-state index contributed by atoms with van der Waals surface area (Å²) in [6, 6.07) is 34.8. The molecule has 1 aliphatic carbocycles. The number of aryl methyl sites for hydroxylation is 4. The molecule has 3 heterocycles. The van der Waals surface area contributed by atoms with E-state index in [2.05, 4.69) is 139 Å². The van der Waals surface area contributed by atoms with Gasteiger partial charge in [0.2, 0.25) is 0 Å². The highest BCUT2D eigenvalue weighted by atomic mass is 32.1. The van der Waals surface area contributed by atoms with Crippen molar-refractivity contribution in [1.82, 2.24) is 0 Å². The third-order valence-electron chi connectivity index (χ3n) is 12.6. The molecule has 9 aromatic rings.